The lowest BCUT2D eigenvalue weighted by atomic mass is 9.98. The highest BCUT2D eigenvalue weighted by molar-refractivity contribution is 5.59. The van der Waals surface area contributed by atoms with E-state index in [1.165, 1.54) is 6.07 Å². The minimum atomic E-state index is -4.68. The zero-order valence-electron chi connectivity index (χ0n) is 10.1. The summed E-state index contributed by atoms with van der Waals surface area (Å²) in [6.45, 7) is 1.17. The highest BCUT2D eigenvalue weighted by Crippen LogP contribution is 2.41. The fraction of sp³-hybridized carbons (Fsp3) is 0.500. The first-order chi connectivity index (χ1) is 8.84. The molecule has 1 atom stereocenters. The monoisotopic (exact) mass is 276 g/mol. The Kier molecular flexibility index (Phi) is 3.60. The average molecular weight is 276 g/mol. The molecule has 19 heavy (non-hydrogen) atoms. The van der Waals surface area contributed by atoms with Gasteiger partial charge in [0.05, 0.1) is 23.9 Å². The topological polar surface area (TPSA) is 69.7 Å². The maximum Gasteiger partial charge on any atom is 0.420 e. The van der Waals surface area contributed by atoms with Gasteiger partial charge < -0.3 is 15.9 Å². The molecule has 1 aromatic rings. The summed E-state index contributed by atoms with van der Waals surface area (Å²) in [4.78, 5) is 1.87. The van der Waals surface area contributed by atoms with Gasteiger partial charge in [-0.25, -0.2) is 0 Å². The number of aliphatic hydroxyl groups excluding tert-OH is 1. The Morgan fingerprint density at radius 3 is 2.37 bits per heavy atom. The number of nitrogens with two attached hydrogens (primary N) is 1. The van der Waals surface area contributed by atoms with Gasteiger partial charge in [0, 0.05) is 13.1 Å². The van der Waals surface area contributed by atoms with Gasteiger partial charge in [0.15, 0.2) is 5.75 Å². The van der Waals surface area contributed by atoms with Crippen molar-refractivity contribution in [3.05, 3.63) is 23.3 Å². The van der Waals surface area contributed by atoms with E-state index < -0.39 is 23.5 Å². The first-order valence-corrected chi connectivity index (χ1v) is 5.89. The zero-order valence-corrected chi connectivity index (χ0v) is 10.1. The van der Waals surface area contributed by atoms with Crippen molar-refractivity contribution in [3.63, 3.8) is 0 Å². The summed E-state index contributed by atoms with van der Waals surface area (Å²) in [5.74, 6) is -0.962. The van der Waals surface area contributed by atoms with E-state index in [2.05, 4.69) is 0 Å². The molecule has 0 aromatic heterocycles. The number of halogens is 3. The predicted molar refractivity (Wildman–Crippen MR) is 63.5 cm³/mol. The number of phenols is 1. The number of aliphatic hydroxyl groups is 1. The summed E-state index contributed by atoms with van der Waals surface area (Å²) in [7, 11) is 0. The molecule has 4 N–H and O–H groups in total. The van der Waals surface area contributed by atoms with E-state index in [0.29, 0.717) is 0 Å². The fourth-order valence-electron chi connectivity index (χ4n) is 2.17. The molecule has 1 aliphatic rings. The lowest BCUT2D eigenvalue weighted by molar-refractivity contribution is -0.138. The largest absolute Gasteiger partial charge is 0.505 e. The third-order valence-corrected chi connectivity index (χ3v) is 3.36. The summed E-state index contributed by atoms with van der Waals surface area (Å²) in [6.07, 6.45) is -3.72. The van der Waals surface area contributed by atoms with Crippen molar-refractivity contribution in [3.8, 4) is 5.75 Å². The second kappa shape index (κ2) is 4.90. The van der Waals surface area contributed by atoms with Crippen molar-refractivity contribution in [2.45, 2.75) is 18.6 Å². The van der Waals surface area contributed by atoms with Gasteiger partial charge in [-0.3, -0.25) is 4.90 Å². The number of benzene rings is 1. The summed E-state index contributed by atoms with van der Waals surface area (Å²) in [6, 6.07) is 1.62. The highest BCUT2D eigenvalue weighted by atomic mass is 19.4. The summed E-state index contributed by atoms with van der Waals surface area (Å²) < 4.78 is 38.3. The van der Waals surface area contributed by atoms with E-state index in [1.54, 1.807) is 0 Å². The normalized spacial score (nSPS) is 18.1. The number of alkyl halides is 3. The number of likely N-dealkylation sites (tertiary alicyclic amines) is 1. The smallest absolute Gasteiger partial charge is 0.420 e. The number of rotatable bonds is 3. The third-order valence-electron chi connectivity index (χ3n) is 3.36. The Bertz CT molecular complexity index is 473. The van der Waals surface area contributed by atoms with Gasteiger partial charge in [-0.2, -0.15) is 13.2 Å². The second-order valence-electron chi connectivity index (χ2n) is 4.59. The molecule has 0 spiro atoms. The van der Waals surface area contributed by atoms with Crippen LogP contribution in [-0.4, -0.2) is 34.8 Å². The SMILES string of the molecule is Nc1cc(C(CO)N2CCC2)cc(C(F)(F)F)c1O. The molecule has 106 valence electrons. The Hall–Kier alpha value is -1.47. The number of phenolic OH excluding ortho intramolecular Hbond substituents is 1. The van der Waals surface area contributed by atoms with Gasteiger partial charge >= 0.3 is 6.18 Å². The van der Waals surface area contributed by atoms with Crippen molar-refractivity contribution < 1.29 is 23.4 Å². The van der Waals surface area contributed by atoms with Crippen LogP contribution in [0.25, 0.3) is 0 Å². The number of anilines is 1. The van der Waals surface area contributed by atoms with Crippen LogP contribution in [0.2, 0.25) is 0 Å². The minimum absolute atomic E-state index is 0.268. The zero-order chi connectivity index (χ0) is 14.2. The molecule has 7 heteroatoms. The van der Waals surface area contributed by atoms with Crippen LogP contribution in [0.3, 0.4) is 0 Å². The second-order valence-corrected chi connectivity index (χ2v) is 4.59. The van der Waals surface area contributed by atoms with Gasteiger partial charge in [0.2, 0.25) is 0 Å². The quantitative estimate of drug-likeness (QED) is 0.581. The molecule has 1 fully saturated rings. The number of hydrogen-bond donors (Lipinski definition) is 3. The van der Waals surface area contributed by atoms with Crippen LogP contribution in [0.4, 0.5) is 18.9 Å². The van der Waals surface area contributed by atoms with Crippen molar-refractivity contribution in [1.82, 2.24) is 4.90 Å². The Balaban J connectivity index is 2.43. The maximum atomic E-state index is 12.8. The van der Waals surface area contributed by atoms with Crippen molar-refractivity contribution in [1.29, 1.82) is 0 Å². The van der Waals surface area contributed by atoms with Crippen LogP contribution >= 0.6 is 0 Å². The van der Waals surface area contributed by atoms with Crippen LogP contribution in [0, 0.1) is 0 Å². The molecule has 1 aromatic carbocycles. The van der Waals surface area contributed by atoms with E-state index >= 15 is 0 Å². The third kappa shape index (κ3) is 2.62. The average Bonchev–Trinajstić information content (AvgIpc) is 2.25. The van der Waals surface area contributed by atoms with Gasteiger partial charge in [-0.05, 0) is 24.1 Å². The number of nitrogen functional groups attached to an aromatic ring is 1. The minimum Gasteiger partial charge on any atom is -0.505 e. The summed E-state index contributed by atoms with van der Waals surface area (Å²) in [5, 5.41) is 18.7. The molecule has 0 amide bonds. The van der Waals surface area contributed by atoms with E-state index in [-0.39, 0.29) is 17.9 Å². The summed E-state index contributed by atoms with van der Waals surface area (Å²) in [5.41, 5.74) is 4.19. The van der Waals surface area contributed by atoms with Gasteiger partial charge in [0.1, 0.15) is 0 Å². The molecule has 0 radical (unpaired) electrons. The summed E-state index contributed by atoms with van der Waals surface area (Å²) >= 11 is 0. The number of hydrogen-bond acceptors (Lipinski definition) is 4. The molecule has 1 aliphatic heterocycles. The molecule has 1 heterocycles. The Morgan fingerprint density at radius 1 is 1.32 bits per heavy atom. The first-order valence-electron chi connectivity index (χ1n) is 5.89. The van der Waals surface area contributed by atoms with Gasteiger partial charge in [-0.1, -0.05) is 0 Å². The Morgan fingerprint density at radius 2 is 1.95 bits per heavy atom. The van der Waals surface area contributed by atoms with Gasteiger partial charge in [-0.15, -0.1) is 0 Å². The van der Waals surface area contributed by atoms with Gasteiger partial charge in [0.25, 0.3) is 0 Å². The molecule has 1 unspecified atom stereocenters. The van der Waals surface area contributed by atoms with Crippen molar-refractivity contribution >= 4 is 5.69 Å². The predicted octanol–water partition coefficient (Wildman–Crippen LogP) is 1.73. The molecule has 0 saturated carbocycles. The molecular weight excluding hydrogens is 261 g/mol. The first kappa shape index (κ1) is 14.0. The van der Waals surface area contributed by atoms with Crippen LogP contribution < -0.4 is 5.73 Å². The molecular formula is C12H15F3N2O2. The lowest BCUT2D eigenvalue weighted by Gasteiger charge is -2.38. The van der Waals surface area contributed by atoms with Crippen molar-refractivity contribution in [2.75, 3.05) is 25.4 Å². The van der Waals surface area contributed by atoms with Crippen LogP contribution in [0.15, 0.2) is 12.1 Å². The Labute approximate surface area is 108 Å². The molecule has 0 aliphatic carbocycles. The van der Waals surface area contributed by atoms with Crippen LogP contribution in [0.5, 0.6) is 5.75 Å². The number of nitrogens with zero attached hydrogens (tertiary/aromatic N) is 1. The van der Waals surface area contributed by atoms with E-state index in [1.807, 2.05) is 4.90 Å². The maximum absolute atomic E-state index is 12.8. The van der Waals surface area contributed by atoms with E-state index in [9.17, 15) is 23.4 Å². The molecule has 1 saturated heterocycles. The highest BCUT2D eigenvalue weighted by Gasteiger charge is 2.36. The van der Waals surface area contributed by atoms with Crippen LogP contribution in [-0.2, 0) is 6.18 Å². The van der Waals surface area contributed by atoms with Crippen LogP contribution in [0.1, 0.15) is 23.6 Å². The number of aromatic hydroxyl groups is 1. The fourth-order valence-corrected chi connectivity index (χ4v) is 2.17. The molecule has 2 rings (SSSR count). The molecule has 0 bridgehead atoms. The van der Waals surface area contributed by atoms with E-state index in [0.717, 1.165) is 25.6 Å². The van der Waals surface area contributed by atoms with Crippen molar-refractivity contribution in [2.24, 2.45) is 0 Å². The molecule has 4 nitrogen and oxygen atoms in total. The standard InChI is InChI=1S/C12H15F3N2O2/c13-12(14,15)8-4-7(5-9(16)11(8)19)10(6-18)17-2-1-3-17/h4-5,10,18-19H,1-3,6,16H2. The van der Waals surface area contributed by atoms with E-state index in [4.69, 9.17) is 5.73 Å². The lowest BCUT2D eigenvalue weighted by Crippen LogP contribution is -2.41.